The first kappa shape index (κ1) is 18.2. The first-order valence-corrected chi connectivity index (χ1v) is 9.93. The lowest BCUT2D eigenvalue weighted by Crippen LogP contribution is -2.37. The van der Waals surface area contributed by atoms with Crippen LogP contribution in [-0.2, 0) is 4.79 Å². The first-order chi connectivity index (χ1) is 12.2. The van der Waals surface area contributed by atoms with Crippen LogP contribution >= 0.6 is 0 Å². The van der Waals surface area contributed by atoms with Crippen LogP contribution in [0.15, 0.2) is 36.4 Å². The third-order valence-corrected chi connectivity index (χ3v) is 5.68. The Labute approximate surface area is 152 Å². The van der Waals surface area contributed by atoms with Gasteiger partial charge in [0.05, 0.1) is 0 Å². The molecule has 1 aliphatic heterocycles. The summed E-state index contributed by atoms with van der Waals surface area (Å²) in [5.74, 6) is 1.73. The number of carbonyl (C=O) groups excluding carboxylic acids is 1. The molecule has 0 unspecified atom stereocenters. The van der Waals surface area contributed by atoms with E-state index in [0.29, 0.717) is 12.3 Å². The summed E-state index contributed by atoms with van der Waals surface area (Å²) in [5, 5.41) is 3.03. The molecule has 1 amide bonds. The summed E-state index contributed by atoms with van der Waals surface area (Å²) in [5.41, 5.74) is 2.10. The third-order valence-electron chi connectivity index (χ3n) is 5.68. The molecule has 3 rings (SSSR count). The molecule has 1 aromatic rings. The van der Waals surface area contributed by atoms with Crippen molar-refractivity contribution in [2.45, 2.75) is 51.9 Å². The van der Waals surface area contributed by atoms with E-state index >= 15 is 0 Å². The summed E-state index contributed by atoms with van der Waals surface area (Å²) < 4.78 is 0. The minimum Gasteiger partial charge on any atom is -0.326 e. The van der Waals surface area contributed by atoms with Crippen LogP contribution in [0, 0.1) is 18.8 Å². The van der Waals surface area contributed by atoms with Crippen LogP contribution in [0.1, 0.15) is 50.5 Å². The fourth-order valence-electron chi connectivity index (χ4n) is 4.13. The van der Waals surface area contributed by atoms with Crippen LogP contribution in [0.3, 0.4) is 0 Å². The molecular formula is C22H32N2O. The van der Waals surface area contributed by atoms with Gasteiger partial charge in [0.2, 0.25) is 5.91 Å². The van der Waals surface area contributed by atoms with Crippen molar-refractivity contribution in [3.05, 3.63) is 42.0 Å². The molecule has 0 bridgehead atoms. The smallest absolute Gasteiger partial charge is 0.224 e. The van der Waals surface area contributed by atoms with Gasteiger partial charge in [-0.05, 0) is 88.1 Å². The highest BCUT2D eigenvalue weighted by Crippen LogP contribution is 2.25. The Hall–Kier alpha value is -1.61. The predicted molar refractivity (Wildman–Crippen MR) is 105 cm³/mol. The molecule has 0 radical (unpaired) electrons. The number of rotatable bonds is 6. The number of likely N-dealkylation sites (tertiary alicyclic amines) is 1. The lowest BCUT2D eigenvalue weighted by molar-refractivity contribution is -0.116. The lowest BCUT2D eigenvalue weighted by Gasteiger charge is -2.34. The van der Waals surface area contributed by atoms with E-state index in [1.54, 1.807) is 0 Å². The van der Waals surface area contributed by atoms with Gasteiger partial charge in [0.25, 0.3) is 0 Å². The zero-order chi connectivity index (χ0) is 17.5. The van der Waals surface area contributed by atoms with E-state index in [1.165, 1.54) is 57.3 Å². The van der Waals surface area contributed by atoms with Crippen molar-refractivity contribution in [2.24, 2.45) is 11.8 Å². The number of nitrogens with zero attached hydrogens (tertiary/aromatic N) is 1. The number of allylic oxidation sites excluding steroid dienone is 2. The molecule has 3 heteroatoms. The fraction of sp³-hybridized carbons (Fsp3) is 0.591. The van der Waals surface area contributed by atoms with Crippen molar-refractivity contribution >= 4 is 11.6 Å². The van der Waals surface area contributed by atoms with Crippen LogP contribution in [-0.4, -0.2) is 30.4 Å². The molecule has 1 heterocycles. The number of aryl methyl sites for hydroxylation is 1. The van der Waals surface area contributed by atoms with Crippen molar-refractivity contribution in [3.8, 4) is 0 Å². The molecule has 1 saturated heterocycles. The average Bonchev–Trinajstić information content (AvgIpc) is 2.62. The Balaban J connectivity index is 1.33. The number of piperidine rings is 1. The Morgan fingerprint density at radius 2 is 2.00 bits per heavy atom. The molecule has 3 nitrogen and oxygen atoms in total. The van der Waals surface area contributed by atoms with Crippen LogP contribution < -0.4 is 5.32 Å². The Bertz CT molecular complexity index is 587. The van der Waals surface area contributed by atoms with E-state index in [1.807, 2.05) is 31.2 Å². The van der Waals surface area contributed by atoms with Crippen LogP contribution in [0.25, 0.3) is 0 Å². The Morgan fingerprint density at radius 3 is 2.72 bits per heavy atom. The maximum absolute atomic E-state index is 12.2. The van der Waals surface area contributed by atoms with Gasteiger partial charge in [0, 0.05) is 18.7 Å². The molecular weight excluding hydrogens is 308 g/mol. The van der Waals surface area contributed by atoms with E-state index in [-0.39, 0.29) is 5.91 Å². The number of hydrogen-bond acceptors (Lipinski definition) is 2. The molecule has 25 heavy (non-hydrogen) atoms. The van der Waals surface area contributed by atoms with Gasteiger partial charge in [0.15, 0.2) is 0 Å². The molecule has 1 aromatic carbocycles. The van der Waals surface area contributed by atoms with Crippen molar-refractivity contribution in [2.75, 3.05) is 25.0 Å². The van der Waals surface area contributed by atoms with E-state index in [2.05, 4.69) is 22.4 Å². The van der Waals surface area contributed by atoms with E-state index in [4.69, 9.17) is 0 Å². The SMILES string of the molecule is Cc1cccc(NC(=O)CCC2CCN(C[C@H]3CC=CCC3)CC2)c1. The first-order valence-electron chi connectivity index (χ1n) is 9.93. The lowest BCUT2D eigenvalue weighted by atomic mass is 9.89. The molecule has 0 saturated carbocycles. The zero-order valence-corrected chi connectivity index (χ0v) is 15.5. The van der Waals surface area contributed by atoms with Gasteiger partial charge in [-0.25, -0.2) is 0 Å². The van der Waals surface area contributed by atoms with E-state index < -0.39 is 0 Å². The van der Waals surface area contributed by atoms with Gasteiger partial charge >= 0.3 is 0 Å². The molecule has 0 spiro atoms. The summed E-state index contributed by atoms with van der Waals surface area (Å²) in [6, 6.07) is 8.02. The quantitative estimate of drug-likeness (QED) is 0.756. The highest BCUT2D eigenvalue weighted by molar-refractivity contribution is 5.90. The van der Waals surface area contributed by atoms with E-state index in [0.717, 1.165) is 18.0 Å². The summed E-state index contributed by atoms with van der Waals surface area (Å²) in [6.07, 6.45) is 12.7. The van der Waals surface area contributed by atoms with Gasteiger partial charge in [-0.15, -0.1) is 0 Å². The highest BCUT2D eigenvalue weighted by Gasteiger charge is 2.22. The Morgan fingerprint density at radius 1 is 1.16 bits per heavy atom. The molecule has 1 fully saturated rings. The highest BCUT2D eigenvalue weighted by atomic mass is 16.1. The normalized spacial score (nSPS) is 22.0. The fourth-order valence-corrected chi connectivity index (χ4v) is 4.13. The van der Waals surface area contributed by atoms with Crippen molar-refractivity contribution < 1.29 is 4.79 Å². The summed E-state index contributed by atoms with van der Waals surface area (Å²) in [4.78, 5) is 14.8. The number of carbonyl (C=O) groups is 1. The van der Waals surface area contributed by atoms with Crippen LogP contribution in [0.4, 0.5) is 5.69 Å². The van der Waals surface area contributed by atoms with Crippen molar-refractivity contribution in [3.63, 3.8) is 0 Å². The maximum Gasteiger partial charge on any atom is 0.224 e. The summed E-state index contributed by atoms with van der Waals surface area (Å²) in [6.45, 7) is 5.74. The largest absolute Gasteiger partial charge is 0.326 e. The minimum absolute atomic E-state index is 0.155. The van der Waals surface area contributed by atoms with Crippen LogP contribution in [0.5, 0.6) is 0 Å². The molecule has 0 aromatic heterocycles. The van der Waals surface area contributed by atoms with Gasteiger partial charge in [-0.1, -0.05) is 24.3 Å². The zero-order valence-electron chi connectivity index (χ0n) is 15.5. The van der Waals surface area contributed by atoms with Gasteiger partial charge in [0.1, 0.15) is 0 Å². The van der Waals surface area contributed by atoms with E-state index in [9.17, 15) is 4.79 Å². The summed E-state index contributed by atoms with van der Waals surface area (Å²) in [7, 11) is 0. The van der Waals surface area contributed by atoms with Crippen LogP contribution in [0.2, 0.25) is 0 Å². The van der Waals surface area contributed by atoms with Crippen molar-refractivity contribution in [1.29, 1.82) is 0 Å². The molecule has 136 valence electrons. The number of benzene rings is 1. The second-order valence-corrected chi connectivity index (χ2v) is 7.85. The number of amides is 1. The maximum atomic E-state index is 12.2. The average molecular weight is 341 g/mol. The summed E-state index contributed by atoms with van der Waals surface area (Å²) >= 11 is 0. The van der Waals surface area contributed by atoms with Crippen molar-refractivity contribution in [1.82, 2.24) is 4.90 Å². The van der Waals surface area contributed by atoms with Gasteiger partial charge in [-0.3, -0.25) is 4.79 Å². The number of nitrogens with one attached hydrogen (secondary N) is 1. The Kier molecular flexibility index (Phi) is 6.69. The van der Waals surface area contributed by atoms with Gasteiger partial charge in [-0.2, -0.15) is 0 Å². The molecule has 1 aliphatic carbocycles. The molecule has 2 aliphatic rings. The second kappa shape index (κ2) is 9.19. The minimum atomic E-state index is 0.155. The third kappa shape index (κ3) is 6.00. The standard InChI is InChI=1S/C22H32N2O/c1-18-6-5-9-21(16-18)23-22(25)11-10-19-12-14-24(15-13-19)17-20-7-3-2-4-8-20/h2-3,5-6,9,16,19-20H,4,7-8,10-15,17H2,1H3,(H,23,25)/t20-/m0/s1. The topological polar surface area (TPSA) is 32.3 Å². The molecule has 1 N–H and O–H groups in total. The van der Waals surface area contributed by atoms with Gasteiger partial charge < -0.3 is 10.2 Å². The number of anilines is 1. The number of hydrogen-bond donors (Lipinski definition) is 1. The molecule has 1 atom stereocenters. The monoisotopic (exact) mass is 340 g/mol. The second-order valence-electron chi connectivity index (χ2n) is 7.85. The predicted octanol–water partition coefficient (Wildman–Crippen LogP) is 4.78.